The maximum absolute atomic E-state index is 11.9. The van der Waals surface area contributed by atoms with Crippen LogP contribution in [0.3, 0.4) is 0 Å². The van der Waals surface area contributed by atoms with E-state index in [1.54, 1.807) is 21.3 Å². The van der Waals surface area contributed by atoms with Crippen molar-refractivity contribution in [3.63, 3.8) is 0 Å². The van der Waals surface area contributed by atoms with Crippen LogP contribution in [0, 0.1) is 0 Å². The van der Waals surface area contributed by atoms with Crippen molar-refractivity contribution in [1.82, 2.24) is 0 Å². The highest BCUT2D eigenvalue weighted by atomic mass is 127. The molecule has 0 saturated heterocycles. The maximum Gasteiger partial charge on any atom is 0.203 e. The van der Waals surface area contributed by atoms with Gasteiger partial charge in [0, 0.05) is 11.1 Å². The first-order chi connectivity index (χ1) is 10.7. The van der Waals surface area contributed by atoms with E-state index < -0.39 is 0 Å². The molecule has 0 N–H and O–H groups in total. The Morgan fingerprint density at radius 2 is 1.73 bits per heavy atom. The van der Waals surface area contributed by atoms with Crippen molar-refractivity contribution in [2.45, 2.75) is 0 Å². The smallest absolute Gasteiger partial charge is 0.203 e. The lowest BCUT2D eigenvalue weighted by Crippen LogP contribution is -2.00. The summed E-state index contributed by atoms with van der Waals surface area (Å²) in [5, 5.41) is 0. The number of ether oxygens (including phenoxy) is 3. The summed E-state index contributed by atoms with van der Waals surface area (Å²) in [5.74, 6) is 1.82. The molecule has 0 atom stereocenters. The molecule has 0 amide bonds. The molecule has 0 aliphatic rings. The van der Waals surface area contributed by atoms with Crippen LogP contribution in [0.2, 0.25) is 0 Å². The first-order valence-electron chi connectivity index (χ1n) is 6.64. The number of ketones is 1. The minimum absolute atomic E-state index is 0.0990. The van der Waals surface area contributed by atoms with Crippen molar-refractivity contribution in [3.05, 3.63) is 42.0 Å². The molecule has 2 rings (SSSR count). The van der Waals surface area contributed by atoms with Crippen molar-refractivity contribution < 1.29 is 19.0 Å². The molecule has 0 unspecified atom stereocenters. The first-order valence-corrected chi connectivity index (χ1v) is 8.17. The predicted molar refractivity (Wildman–Crippen MR) is 94.8 cm³/mol. The Labute approximate surface area is 143 Å². The van der Waals surface area contributed by atoms with E-state index in [-0.39, 0.29) is 5.78 Å². The molecule has 0 spiro atoms. The predicted octanol–water partition coefficient (Wildman–Crippen LogP) is 4.00. The largest absolute Gasteiger partial charge is 0.493 e. The molecule has 2 aromatic carbocycles. The van der Waals surface area contributed by atoms with Gasteiger partial charge in [-0.2, -0.15) is 0 Å². The van der Waals surface area contributed by atoms with Crippen LogP contribution in [0.1, 0.15) is 10.4 Å². The zero-order chi connectivity index (χ0) is 16.1. The van der Waals surface area contributed by atoms with Gasteiger partial charge in [0.1, 0.15) is 0 Å². The van der Waals surface area contributed by atoms with Gasteiger partial charge in [-0.05, 0) is 23.8 Å². The number of benzene rings is 2. The van der Waals surface area contributed by atoms with E-state index in [1.165, 1.54) is 0 Å². The number of carbonyl (C=O) groups is 1. The van der Waals surface area contributed by atoms with Gasteiger partial charge >= 0.3 is 0 Å². The number of alkyl halides is 1. The molecule has 0 aliphatic carbocycles. The van der Waals surface area contributed by atoms with Gasteiger partial charge in [0.05, 0.1) is 25.8 Å². The van der Waals surface area contributed by atoms with Crippen LogP contribution >= 0.6 is 22.6 Å². The lowest BCUT2D eigenvalue weighted by atomic mass is 10.00. The Morgan fingerprint density at radius 1 is 1.00 bits per heavy atom. The molecule has 0 heterocycles. The summed E-state index contributed by atoms with van der Waals surface area (Å²) in [7, 11) is 4.73. The van der Waals surface area contributed by atoms with Crippen molar-refractivity contribution in [1.29, 1.82) is 0 Å². The number of hydrogen-bond donors (Lipinski definition) is 0. The number of halogens is 1. The van der Waals surface area contributed by atoms with E-state index in [2.05, 4.69) is 22.6 Å². The van der Waals surface area contributed by atoms with Gasteiger partial charge in [0.2, 0.25) is 5.75 Å². The summed E-state index contributed by atoms with van der Waals surface area (Å²) < 4.78 is 16.6. The zero-order valence-corrected chi connectivity index (χ0v) is 14.8. The highest BCUT2D eigenvalue weighted by Crippen LogP contribution is 2.44. The Balaban J connectivity index is 2.60. The molecule has 5 heteroatoms. The summed E-state index contributed by atoms with van der Waals surface area (Å²) in [6.45, 7) is 0. The fourth-order valence-electron chi connectivity index (χ4n) is 2.27. The summed E-state index contributed by atoms with van der Waals surface area (Å²) in [6, 6.07) is 11.2. The molecule has 0 aromatic heterocycles. The quantitative estimate of drug-likeness (QED) is 0.409. The molecular weight excluding hydrogens is 395 g/mol. The number of Topliss-reactive ketones (excluding diaryl/α,β-unsaturated/α-hetero) is 1. The van der Waals surface area contributed by atoms with Gasteiger partial charge in [0.15, 0.2) is 17.3 Å². The highest BCUT2D eigenvalue weighted by Gasteiger charge is 2.17. The van der Waals surface area contributed by atoms with E-state index in [4.69, 9.17) is 14.2 Å². The topological polar surface area (TPSA) is 44.8 Å². The van der Waals surface area contributed by atoms with Crippen molar-refractivity contribution in [2.24, 2.45) is 0 Å². The molecule has 0 fully saturated rings. The van der Waals surface area contributed by atoms with Gasteiger partial charge in [0.25, 0.3) is 0 Å². The van der Waals surface area contributed by atoms with Crippen molar-refractivity contribution in [2.75, 3.05) is 25.8 Å². The third-order valence-electron chi connectivity index (χ3n) is 3.32. The lowest BCUT2D eigenvalue weighted by Gasteiger charge is -2.16. The van der Waals surface area contributed by atoms with Crippen LogP contribution < -0.4 is 14.2 Å². The summed E-state index contributed by atoms with van der Waals surface area (Å²) in [6.07, 6.45) is 0. The second-order valence-electron chi connectivity index (χ2n) is 4.52. The Morgan fingerprint density at radius 3 is 2.32 bits per heavy atom. The summed E-state index contributed by atoms with van der Waals surface area (Å²) >= 11 is 2.07. The van der Waals surface area contributed by atoms with E-state index in [0.717, 1.165) is 11.1 Å². The normalized spacial score (nSPS) is 10.2. The molecule has 0 radical (unpaired) electrons. The number of methoxy groups -OCH3 is 3. The van der Waals surface area contributed by atoms with Crippen LogP contribution in [-0.4, -0.2) is 31.5 Å². The Bertz CT molecular complexity index is 682. The molecular formula is C17H17IO4. The minimum atomic E-state index is 0.0990. The molecule has 116 valence electrons. The van der Waals surface area contributed by atoms with Crippen LogP contribution in [0.15, 0.2) is 36.4 Å². The fourth-order valence-corrected chi connectivity index (χ4v) is 2.71. The second-order valence-corrected chi connectivity index (χ2v) is 5.28. The standard InChI is InChI=1S/C17H17IO4/c1-20-15-8-7-13(16(21-2)17(15)22-3)11-5-4-6-12(9-11)14(19)10-18/h4-9H,10H2,1-3H3. The number of carbonyl (C=O) groups excluding carboxylic acids is 1. The molecule has 0 saturated carbocycles. The van der Waals surface area contributed by atoms with E-state index in [0.29, 0.717) is 27.2 Å². The SMILES string of the molecule is COc1ccc(-c2cccc(C(=O)CI)c2)c(OC)c1OC. The number of hydrogen-bond acceptors (Lipinski definition) is 4. The molecule has 0 bridgehead atoms. The van der Waals surface area contributed by atoms with Gasteiger partial charge in [-0.3, -0.25) is 4.79 Å². The van der Waals surface area contributed by atoms with Gasteiger partial charge in [-0.15, -0.1) is 0 Å². The van der Waals surface area contributed by atoms with Gasteiger partial charge in [-0.1, -0.05) is 40.8 Å². The van der Waals surface area contributed by atoms with E-state index in [9.17, 15) is 4.79 Å². The lowest BCUT2D eigenvalue weighted by molar-refractivity contribution is 0.102. The number of rotatable bonds is 6. The Kier molecular flexibility index (Phi) is 5.65. The van der Waals surface area contributed by atoms with Crippen LogP contribution in [0.4, 0.5) is 0 Å². The van der Waals surface area contributed by atoms with Crippen LogP contribution in [0.5, 0.6) is 17.2 Å². The Hall–Kier alpha value is -1.76. The first kappa shape index (κ1) is 16.6. The summed E-state index contributed by atoms with van der Waals surface area (Å²) in [4.78, 5) is 11.9. The molecule has 0 aliphatic heterocycles. The zero-order valence-electron chi connectivity index (χ0n) is 12.7. The highest BCUT2D eigenvalue weighted by molar-refractivity contribution is 14.1. The molecule has 22 heavy (non-hydrogen) atoms. The van der Waals surface area contributed by atoms with Gasteiger partial charge < -0.3 is 14.2 Å². The molecule has 4 nitrogen and oxygen atoms in total. The third-order valence-corrected chi connectivity index (χ3v) is 4.01. The molecule has 2 aromatic rings. The van der Waals surface area contributed by atoms with Crippen molar-refractivity contribution in [3.8, 4) is 28.4 Å². The third kappa shape index (κ3) is 3.19. The minimum Gasteiger partial charge on any atom is -0.493 e. The van der Waals surface area contributed by atoms with Crippen molar-refractivity contribution >= 4 is 28.4 Å². The second kappa shape index (κ2) is 7.49. The van der Waals surface area contributed by atoms with E-state index in [1.807, 2.05) is 36.4 Å². The summed E-state index contributed by atoms with van der Waals surface area (Å²) in [5.41, 5.74) is 2.43. The van der Waals surface area contributed by atoms with Crippen LogP contribution in [0.25, 0.3) is 11.1 Å². The van der Waals surface area contributed by atoms with E-state index >= 15 is 0 Å². The maximum atomic E-state index is 11.9. The van der Waals surface area contributed by atoms with Gasteiger partial charge in [-0.25, -0.2) is 0 Å². The monoisotopic (exact) mass is 412 g/mol. The average Bonchev–Trinajstić information content (AvgIpc) is 2.59. The van der Waals surface area contributed by atoms with Crippen LogP contribution in [-0.2, 0) is 0 Å². The average molecular weight is 412 g/mol. The fraction of sp³-hybridized carbons (Fsp3) is 0.235.